The number of Topliss-reactive ketones (excluding diaryl/α,β-unsaturated/α-hetero) is 1. The van der Waals surface area contributed by atoms with Crippen LogP contribution < -0.4 is 15.4 Å². The van der Waals surface area contributed by atoms with Gasteiger partial charge in [-0.15, -0.1) is 0 Å². The number of halogens is 2. The van der Waals surface area contributed by atoms with Crippen molar-refractivity contribution in [2.24, 2.45) is 0 Å². The van der Waals surface area contributed by atoms with Crippen LogP contribution in [-0.2, 0) is 4.79 Å². The van der Waals surface area contributed by atoms with Crippen LogP contribution in [0.3, 0.4) is 0 Å². The molecule has 2 aliphatic rings. The lowest BCUT2D eigenvalue weighted by atomic mass is 9.78. The average Bonchev–Trinajstić information content (AvgIpc) is 2.96. The molecule has 1 heterocycles. The van der Waals surface area contributed by atoms with Crippen molar-refractivity contribution < 1.29 is 9.53 Å². The highest BCUT2D eigenvalue weighted by atomic mass is 35.5. The Hall–Kier alpha value is -2.95. The molecule has 3 aromatic carbocycles. The molecule has 1 aliphatic heterocycles. The molecule has 5 rings (SSSR count). The average molecular weight is 465 g/mol. The summed E-state index contributed by atoms with van der Waals surface area (Å²) in [4.78, 5) is 13.6. The molecule has 0 radical (unpaired) electrons. The molecule has 0 spiro atoms. The van der Waals surface area contributed by atoms with Gasteiger partial charge in [0, 0.05) is 27.7 Å². The van der Waals surface area contributed by atoms with Gasteiger partial charge in [0.1, 0.15) is 5.75 Å². The van der Waals surface area contributed by atoms with Gasteiger partial charge in [0.2, 0.25) is 0 Å². The Morgan fingerprint density at radius 2 is 1.69 bits per heavy atom. The number of hydrogen-bond donors (Lipinski definition) is 2. The first kappa shape index (κ1) is 20.9. The summed E-state index contributed by atoms with van der Waals surface area (Å²) in [5.41, 5.74) is 5.48. The smallest absolute Gasteiger partial charge is 0.163 e. The van der Waals surface area contributed by atoms with E-state index in [1.165, 1.54) is 0 Å². The number of methoxy groups -OCH3 is 1. The van der Waals surface area contributed by atoms with Crippen LogP contribution >= 0.6 is 23.2 Å². The minimum atomic E-state index is -0.366. The van der Waals surface area contributed by atoms with Crippen LogP contribution in [0.5, 0.6) is 5.75 Å². The minimum Gasteiger partial charge on any atom is -0.497 e. The van der Waals surface area contributed by atoms with Crippen LogP contribution in [0.1, 0.15) is 35.9 Å². The summed E-state index contributed by atoms with van der Waals surface area (Å²) in [6, 6.07) is 21.0. The maximum absolute atomic E-state index is 13.6. The quantitative estimate of drug-likeness (QED) is 0.438. The molecule has 0 aromatic heterocycles. The number of rotatable bonds is 3. The summed E-state index contributed by atoms with van der Waals surface area (Å²) in [6.07, 6.45) is 1.16. The molecular weight excluding hydrogens is 443 g/mol. The Bertz CT molecular complexity index is 1220. The molecule has 0 unspecified atom stereocenters. The number of benzene rings is 3. The number of fused-ring (bicyclic) bond motifs is 1. The molecule has 2 N–H and O–H groups in total. The predicted molar refractivity (Wildman–Crippen MR) is 130 cm³/mol. The number of allylic oxidation sites excluding steroid dienone is 1. The van der Waals surface area contributed by atoms with E-state index in [9.17, 15) is 4.79 Å². The number of nitrogens with one attached hydrogen (secondary N) is 2. The third kappa shape index (κ3) is 3.85. The number of carbonyl (C=O) groups excluding carboxylic acids is 1. The molecule has 0 fully saturated rings. The normalized spacial score (nSPS) is 19.9. The van der Waals surface area contributed by atoms with Crippen LogP contribution in [0.2, 0.25) is 10.0 Å². The molecule has 0 saturated carbocycles. The highest BCUT2D eigenvalue weighted by molar-refractivity contribution is 6.35. The summed E-state index contributed by atoms with van der Waals surface area (Å²) in [6.45, 7) is 0. The van der Waals surface area contributed by atoms with Gasteiger partial charge in [0.05, 0.1) is 24.5 Å². The molecule has 0 saturated heterocycles. The molecule has 162 valence electrons. The first-order valence-electron chi connectivity index (χ1n) is 10.5. The van der Waals surface area contributed by atoms with Crippen LogP contribution in [0.4, 0.5) is 11.4 Å². The first-order valence-corrected chi connectivity index (χ1v) is 11.3. The van der Waals surface area contributed by atoms with Gasteiger partial charge in [-0.3, -0.25) is 4.79 Å². The monoisotopic (exact) mass is 464 g/mol. The van der Waals surface area contributed by atoms with E-state index in [0.29, 0.717) is 16.5 Å². The largest absolute Gasteiger partial charge is 0.497 e. The van der Waals surface area contributed by atoms with E-state index in [0.717, 1.165) is 45.9 Å². The molecule has 6 heteroatoms. The van der Waals surface area contributed by atoms with E-state index in [2.05, 4.69) is 10.6 Å². The van der Waals surface area contributed by atoms with Gasteiger partial charge in [0.15, 0.2) is 5.78 Å². The van der Waals surface area contributed by atoms with Gasteiger partial charge in [-0.1, -0.05) is 53.5 Å². The maximum Gasteiger partial charge on any atom is 0.163 e. The molecule has 3 aromatic rings. The Labute approximate surface area is 197 Å². The molecule has 32 heavy (non-hydrogen) atoms. The molecule has 2 atom stereocenters. The summed E-state index contributed by atoms with van der Waals surface area (Å²) in [7, 11) is 1.65. The second-order valence-electron chi connectivity index (χ2n) is 8.11. The van der Waals surface area contributed by atoms with Gasteiger partial charge in [-0.05, 0) is 59.9 Å². The minimum absolute atomic E-state index is 0.0891. The summed E-state index contributed by atoms with van der Waals surface area (Å²) >= 11 is 12.7. The standard InChI is InChI=1S/C26H22Cl2N2O2/c1-32-18-9-6-15(7-10-18)16-12-23-25(24(31)13-16)26(19-11-8-17(27)14-20(19)28)30-22-5-3-2-4-21(22)29-23/h2-11,14,16,26,29-30H,12-13H2,1H3/t16-,26+/m0/s1. The van der Waals surface area contributed by atoms with Crippen LogP contribution in [0, 0.1) is 0 Å². The fraction of sp³-hybridized carbons (Fsp3) is 0.192. The van der Waals surface area contributed by atoms with E-state index in [4.69, 9.17) is 27.9 Å². The summed E-state index contributed by atoms with van der Waals surface area (Å²) in [5.74, 6) is 1.00. The third-order valence-electron chi connectivity index (χ3n) is 6.17. The summed E-state index contributed by atoms with van der Waals surface area (Å²) in [5, 5.41) is 8.20. The van der Waals surface area contributed by atoms with E-state index >= 15 is 0 Å². The number of anilines is 2. The van der Waals surface area contributed by atoms with Crippen molar-refractivity contribution >= 4 is 40.4 Å². The van der Waals surface area contributed by atoms with Crippen molar-refractivity contribution in [3.8, 4) is 5.75 Å². The van der Waals surface area contributed by atoms with Crippen molar-refractivity contribution in [1.82, 2.24) is 0 Å². The molecular formula is C26H22Cl2N2O2. The van der Waals surface area contributed by atoms with E-state index in [-0.39, 0.29) is 17.7 Å². The fourth-order valence-corrected chi connectivity index (χ4v) is 5.09. The Kier molecular flexibility index (Phi) is 5.58. The molecule has 1 aliphatic carbocycles. The van der Waals surface area contributed by atoms with Crippen LogP contribution in [-0.4, -0.2) is 12.9 Å². The highest BCUT2D eigenvalue weighted by Gasteiger charge is 2.36. The maximum atomic E-state index is 13.6. The van der Waals surface area contributed by atoms with Crippen molar-refractivity contribution in [3.05, 3.63) is 99.2 Å². The van der Waals surface area contributed by atoms with E-state index < -0.39 is 0 Å². The number of hydrogen-bond acceptors (Lipinski definition) is 4. The third-order valence-corrected chi connectivity index (χ3v) is 6.73. The Balaban J connectivity index is 1.60. The van der Waals surface area contributed by atoms with Gasteiger partial charge in [0.25, 0.3) is 0 Å². The first-order chi connectivity index (χ1) is 15.5. The number of carbonyl (C=O) groups is 1. The van der Waals surface area contributed by atoms with Crippen molar-refractivity contribution in [1.29, 1.82) is 0 Å². The second kappa shape index (κ2) is 8.53. The lowest BCUT2D eigenvalue weighted by Gasteiger charge is -2.30. The fourth-order valence-electron chi connectivity index (χ4n) is 4.57. The summed E-state index contributed by atoms with van der Waals surface area (Å²) < 4.78 is 5.28. The lowest BCUT2D eigenvalue weighted by molar-refractivity contribution is -0.116. The van der Waals surface area contributed by atoms with Crippen molar-refractivity contribution in [3.63, 3.8) is 0 Å². The number of para-hydroxylation sites is 2. The molecule has 4 nitrogen and oxygen atoms in total. The highest BCUT2D eigenvalue weighted by Crippen LogP contribution is 2.45. The zero-order chi connectivity index (χ0) is 22.2. The lowest BCUT2D eigenvalue weighted by Crippen LogP contribution is -2.27. The zero-order valence-electron chi connectivity index (χ0n) is 17.5. The zero-order valence-corrected chi connectivity index (χ0v) is 19.0. The molecule has 0 bridgehead atoms. The van der Waals surface area contributed by atoms with Gasteiger partial charge in [-0.2, -0.15) is 0 Å². The van der Waals surface area contributed by atoms with E-state index in [1.807, 2.05) is 60.7 Å². The van der Waals surface area contributed by atoms with Gasteiger partial charge in [-0.25, -0.2) is 0 Å². The van der Waals surface area contributed by atoms with Crippen molar-refractivity contribution in [2.75, 3.05) is 17.7 Å². The SMILES string of the molecule is COc1ccc([C@@H]2CC(=O)C3=C(C2)Nc2ccccc2N[C@@H]3c2ccc(Cl)cc2Cl)cc1. The Morgan fingerprint density at radius 3 is 2.41 bits per heavy atom. The van der Waals surface area contributed by atoms with E-state index in [1.54, 1.807) is 13.2 Å². The predicted octanol–water partition coefficient (Wildman–Crippen LogP) is 6.98. The van der Waals surface area contributed by atoms with Crippen molar-refractivity contribution in [2.45, 2.75) is 24.8 Å². The number of ketones is 1. The topological polar surface area (TPSA) is 50.4 Å². The van der Waals surface area contributed by atoms with Gasteiger partial charge >= 0.3 is 0 Å². The molecule has 0 amide bonds. The van der Waals surface area contributed by atoms with Gasteiger partial charge < -0.3 is 15.4 Å². The van der Waals surface area contributed by atoms with Crippen LogP contribution in [0.25, 0.3) is 0 Å². The van der Waals surface area contributed by atoms with Crippen LogP contribution in [0.15, 0.2) is 78.0 Å². The second-order valence-corrected chi connectivity index (χ2v) is 8.95. The number of ether oxygens (including phenoxy) is 1. The Morgan fingerprint density at radius 1 is 0.938 bits per heavy atom.